The third-order valence-corrected chi connectivity index (χ3v) is 15.4. The minimum absolute atomic E-state index is 0.00710. The first-order valence-corrected chi connectivity index (χ1v) is 24.7. The molecule has 0 amide bonds. The minimum atomic E-state index is -1.22. The van der Waals surface area contributed by atoms with Gasteiger partial charge in [0.1, 0.15) is 17.4 Å². The predicted molar refractivity (Wildman–Crippen MR) is 269 cm³/mol. The number of phenolic OH excluding ortho intramolecular Hbond substituents is 4. The summed E-state index contributed by atoms with van der Waals surface area (Å²) >= 11 is 0. The van der Waals surface area contributed by atoms with Crippen LogP contribution in [0.1, 0.15) is 91.7 Å². The average molecular weight is 950 g/mol. The first-order chi connectivity index (χ1) is 33.8. The molecule has 2 aliphatic carbocycles. The van der Waals surface area contributed by atoms with Gasteiger partial charge in [-0.2, -0.15) is 11.9 Å². The Kier molecular flexibility index (Phi) is 14.4. The lowest BCUT2D eigenvalue weighted by Crippen LogP contribution is -2.51. The number of carbonyl (C=O) groups excluding carboxylic acids is 1. The van der Waals surface area contributed by atoms with E-state index in [1.165, 1.54) is 13.2 Å². The number of methoxy groups -OCH3 is 1. The highest BCUT2D eigenvalue weighted by Crippen LogP contribution is 2.56. The number of nitrogens with zero attached hydrogens (tertiary/aromatic N) is 2. The Morgan fingerprint density at radius 2 is 1.83 bits per heavy atom. The third-order valence-electron chi connectivity index (χ3n) is 15.4. The van der Waals surface area contributed by atoms with Crippen molar-refractivity contribution in [3.05, 3.63) is 137 Å². The largest absolute Gasteiger partial charge is 0.668 e. The molecule has 13 nitrogen and oxygen atoms in total. The number of rotatable bonds is 13. The van der Waals surface area contributed by atoms with Crippen molar-refractivity contribution in [3.63, 3.8) is 0 Å². The van der Waals surface area contributed by atoms with Gasteiger partial charge in [-0.3, -0.25) is 4.79 Å². The number of carbonyl (C=O) groups is 1. The van der Waals surface area contributed by atoms with Crippen molar-refractivity contribution in [2.45, 2.75) is 94.2 Å². The number of benzene rings is 4. The number of fused-ring (bicyclic) bond motifs is 6. The number of Topliss-reactive ketones (excluding diaryl/α,β-unsaturated/α-hetero) is 1. The van der Waals surface area contributed by atoms with E-state index in [0.717, 1.165) is 51.7 Å². The van der Waals surface area contributed by atoms with E-state index in [-0.39, 0.29) is 59.2 Å². The fourth-order valence-electron chi connectivity index (χ4n) is 12.1. The molecule has 0 unspecified atom stereocenters. The van der Waals surface area contributed by atoms with Crippen molar-refractivity contribution in [1.82, 2.24) is 15.3 Å². The maximum Gasteiger partial charge on any atom is 0.200 e. The molecular formula is C57H65N4O9-. The van der Waals surface area contributed by atoms with Crippen LogP contribution in [0.4, 0.5) is 11.5 Å². The number of allylic oxidation sites excluding steroid dienone is 1. The first-order valence-electron chi connectivity index (χ1n) is 24.7. The summed E-state index contributed by atoms with van der Waals surface area (Å²) in [5, 5.41) is 77.9. The number of hydrogen-bond acceptors (Lipinski definition) is 12. The van der Waals surface area contributed by atoms with Gasteiger partial charge in [0, 0.05) is 36.2 Å². The van der Waals surface area contributed by atoms with E-state index in [1.807, 2.05) is 49.5 Å². The lowest BCUT2D eigenvalue weighted by Gasteiger charge is -2.46. The highest BCUT2D eigenvalue weighted by atomic mass is 16.5. The predicted octanol–water partition coefficient (Wildman–Crippen LogP) is 9.06. The molecule has 0 radical (unpaired) electrons. The van der Waals surface area contributed by atoms with E-state index in [2.05, 4.69) is 34.7 Å². The summed E-state index contributed by atoms with van der Waals surface area (Å²) in [6.07, 6.45) is 9.51. The van der Waals surface area contributed by atoms with Crippen molar-refractivity contribution >= 4 is 28.1 Å². The van der Waals surface area contributed by atoms with E-state index in [9.17, 15) is 30.6 Å². The summed E-state index contributed by atoms with van der Waals surface area (Å²) in [5.41, 5.74) is 3.49. The molecule has 13 heteroatoms. The second kappa shape index (κ2) is 20.8. The molecule has 1 spiro atoms. The van der Waals surface area contributed by atoms with Crippen LogP contribution >= 0.6 is 0 Å². The van der Waals surface area contributed by atoms with E-state index < -0.39 is 35.4 Å². The molecule has 1 saturated carbocycles. The number of aryl methyl sites for hydroxylation is 1. The van der Waals surface area contributed by atoms with Crippen LogP contribution in [-0.2, 0) is 23.1 Å². The Labute approximate surface area is 409 Å². The number of nitrogens with one attached hydrogen (secondary N) is 2. The maximum atomic E-state index is 16.2. The van der Waals surface area contributed by atoms with Crippen LogP contribution in [0.15, 0.2) is 109 Å². The van der Waals surface area contributed by atoms with Crippen LogP contribution < -0.4 is 25.1 Å². The number of hydrogen-bond donors (Lipinski definition) is 8. The highest BCUT2D eigenvalue weighted by molar-refractivity contribution is 5.93. The molecular weight excluding hydrogens is 885 g/mol. The van der Waals surface area contributed by atoms with E-state index in [4.69, 9.17) is 14.5 Å². The molecule has 0 saturated heterocycles. The number of ether oxygens (including phenoxy) is 2. The second-order valence-electron chi connectivity index (χ2n) is 20.0. The van der Waals surface area contributed by atoms with Crippen LogP contribution in [-0.4, -0.2) is 80.9 Å². The van der Waals surface area contributed by atoms with Gasteiger partial charge in [0.05, 0.1) is 31.8 Å². The Bertz CT molecular complexity index is 2830. The van der Waals surface area contributed by atoms with Crippen molar-refractivity contribution < 1.29 is 44.9 Å². The van der Waals surface area contributed by atoms with Gasteiger partial charge in [0.15, 0.2) is 23.0 Å². The maximum absolute atomic E-state index is 16.2. The van der Waals surface area contributed by atoms with Gasteiger partial charge < -0.3 is 55.7 Å². The van der Waals surface area contributed by atoms with Gasteiger partial charge in [-0.25, -0.2) is 4.98 Å². The monoisotopic (exact) mass is 949 g/mol. The van der Waals surface area contributed by atoms with Gasteiger partial charge in [-0.15, -0.1) is 0 Å². The number of aromatic hydroxyl groups is 4. The molecule has 8 N–H and O–H groups in total. The Balaban J connectivity index is 1.23. The van der Waals surface area contributed by atoms with Crippen LogP contribution in [0.2, 0.25) is 0 Å². The number of pyridine rings is 1. The van der Waals surface area contributed by atoms with Crippen LogP contribution in [0.25, 0.3) is 10.8 Å². The number of aromatic nitrogens is 2. The van der Waals surface area contributed by atoms with Crippen molar-refractivity contribution in [3.8, 4) is 34.5 Å². The number of aliphatic hydroxyl groups is 2. The van der Waals surface area contributed by atoms with E-state index in [0.29, 0.717) is 68.3 Å². The Morgan fingerprint density at radius 3 is 2.61 bits per heavy atom. The number of phenols is 4. The van der Waals surface area contributed by atoms with Crippen molar-refractivity contribution in [1.29, 1.82) is 0 Å². The lowest BCUT2D eigenvalue weighted by atomic mass is 9.58. The van der Waals surface area contributed by atoms with Crippen LogP contribution in [0.5, 0.6) is 34.5 Å². The van der Waals surface area contributed by atoms with Crippen LogP contribution in [0, 0.1) is 23.7 Å². The number of aliphatic hydroxyl groups excluding tert-OH is 2. The van der Waals surface area contributed by atoms with Gasteiger partial charge in [0.25, 0.3) is 0 Å². The summed E-state index contributed by atoms with van der Waals surface area (Å²) < 4.78 is 11.8. The molecule has 3 heterocycles. The SMILES string of the molecule is CNC[C@@H]1C[C@@H](c2cc(O)c(O)c(OC[C@H]3C=CC[C@@H](C)C3)c2)CC(=O)[C@@H]([C@H](O)CCc2ccc(O)c(OC)c2)[C@@]2(CC[C@H](O)[C@@H]2Cc2ccc[n-]2)c2ccnc(c2)Nc2ccc3cc(O)ccc3c21. The summed E-state index contributed by atoms with van der Waals surface area (Å²) in [6.45, 7) is 2.96. The van der Waals surface area contributed by atoms with E-state index in [1.54, 1.807) is 48.8 Å². The molecule has 6 aromatic rings. The molecule has 1 aliphatic heterocycles. The zero-order valence-corrected chi connectivity index (χ0v) is 40.1. The second-order valence-corrected chi connectivity index (χ2v) is 20.0. The molecule has 368 valence electrons. The summed E-state index contributed by atoms with van der Waals surface area (Å²) in [5.74, 6) is -1.82. The van der Waals surface area contributed by atoms with Gasteiger partial charge in [-0.05, 0) is 170 Å². The number of anilines is 2. The van der Waals surface area contributed by atoms with Crippen molar-refractivity contribution in [2.24, 2.45) is 23.7 Å². The Morgan fingerprint density at radius 1 is 0.971 bits per heavy atom. The zero-order valence-electron chi connectivity index (χ0n) is 40.1. The molecule has 1 fully saturated rings. The molecule has 3 aliphatic rings. The fourth-order valence-corrected chi connectivity index (χ4v) is 12.1. The molecule has 70 heavy (non-hydrogen) atoms. The fraction of sp³-hybridized carbons (Fsp3) is 0.404. The summed E-state index contributed by atoms with van der Waals surface area (Å²) in [6, 6.07) is 25.2. The van der Waals surface area contributed by atoms with Crippen LogP contribution in [0.3, 0.4) is 0 Å². The first kappa shape index (κ1) is 48.5. The van der Waals surface area contributed by atoms with Gasteiger partial charge in [0.2, 0.25) is 5.75 Å². The van der Waals surface area contributed by atoms with Gasteiger partial charge >= 0.3 is 0 Å². The quantitative estimate of drug-likeness (QED) is 0.0402. The summed E-state index contributed by atoms with van der Waals surface area (Å²) in [4.78, 5) is 25.7. The number of likely N-dealkylation sites (N-methyl/N-ethyl adjacent to an activating group) is 1. The topological polar surface area (TPSA) is 208 Å². The smallest absolute Gasteiger partial charge is 0.200 e. The standard InChI is InChI=1S/C57H65N4O9/c1-33-6-4-7-35(22-33)32-70-52-28-38(27-50(67)56(52)68)37-24-39(31-58-2)54-43-13-12-42(62)25-36(43)11-14-45(54)61-53-29-40(18-21-60-53)57(19-17-46(63)44(57)30-41-8-5-20-59-41)55(49(66)26-37)48(65)16-10-34-9-15-47(64)51(23-34)69-3/h4-5,7-9,11-15,18,20-21,23,25,27-29,33,35,37,39,44,46,48,55,58,62-65,67-68H,6,10,16-17,19,22,24,26,30-32H2,1-3H3,(H,60,61)/q-1/t33-,35+,37-,39+,44+,46+,48-,55-,57+/m1/s1. The van der Waals surface area contributed by atoms with Gasteiger partial charge in [-0.1, -0.05) is 49.4 Å². The van der Waals surface area contributed by atoms with Crippen molar-refractivity contribution in [2.75, 3.05) is 32.6 Å². The van der Waals surface area contributed by atoms with E-state index >= 15 is 4.79 Å². The summed E-state index contributed by atoms with van der Waals surface area (Å²) in [7, 11) is 3.36. The molecule has 4 aromatic carbocycles. The molecule has 9 rings (SSSR count). The molecule has 2 bridgehead atoms. The third kappa shape index (κ3) is 9.92. The zero-order chi connectivity index (χ0) is 49.1. The Hall–Kier alpha value is -6.54. The number of ketones is 1. The lowest BCUT2D eigenvalue weighted by molar-refractivity contribution is -0.132. The molecule has 9 atom stereocenters. The average Bonchev–Trinajstić information content (AvgIpc) is 3.99. The normalized spacial score (nSPS) is 25.1. The molecule has 2 aromatic heterocycles. The minimum Gasteiger partial charge on any atom is -0.668 e. The highest BCUT2D eigenvalue weighted by Gasteiger charge is 2.57.